The summed E-state index contributed by atoms with van der Waals surface area (Å²) in [6.45, 7) is 8.30. The van der Waals surface area contributed by atoms with E-state index in [9.17, 15) is 5.11 Å². The lowest BCUT2D eigenvalue weighted by molar-refractivity contribution is 0.0212. The Morgan fingerprint density at radius 3 is 2.71 bits per heavy atom. The molecule has 0 radical (unpaired) electrons. The van der Waals surface area contributed by atoms with Crippen LogP contribution in [0.15, 0.2) is 16.6 Å². The van der Waals surface area contributed by atoms with Gasteiger partial charge in [-0.25, -0.2) is 0 Å². The second-order valence-corrected chi connectivity index (χ2v) is 7.32. The molecular weight excluding hydrogens is 372 g/mol. The lowest BCUT2D eigenvalue weighted by atomic mass is 9.85. The second-order valence-electron chi connectivity index (χ2n) is 6.46. The number of aromatic hydroxyl groups is 1. The lowest BCUT2D eigenvalue weighted by Gasteiger charge is -2.41. The molecule has 2 fully saturated rings. The first-order chi connectivity index (χ1) is 11.7. The van der Waals surface area contributed by atoms with Gasteiger partial charge in [-0.1, -0.05) is 0 Å². The number of phenols is 1. The zero-order valence-electron chi connectivity index (χ0n) is 14.3. The fourth-order valence-electron chi connectivity index (χ4n) is 3.80. The predicted molar refractivity (Wildman–Crippen MR) is 97.7 cm³/mol. The molecule has 1 aromatic carbocycles. The topological polar surface area (TPSA) is 54.0 Å². The van der Waals surface area contributed by atoms with E-state index >= 15 is 0 Å². The summed E-state index contributed by atoms with van der Waals surface area (Å²) in [6, 6.07) is 4.42. The highest BCUT2D eigenvalue weighted by molar-refractivity contribution is 9.10. The number of halogens is 1. The standard InChI is InChI=1S/C18H27BrN2O3/c1-2-24-16-12-14(11-15(19)18(16)22)17(13-3-9-23-10-4-13)21-7-5-20-6-8-21/h11-13,17,20,22H,2-10H2,1H3/t17-/m0/s1. The van der Waals surface area contributed by atoms with Gasteiger partial charge in [-0.3, -0.25) is 4.90 Å². The van der Waals surface area contributed by atoms with Gasteiger partial charge in [0.2, 0.25) is 0 Å². The van der Waals surface area contributed by atoms with E-state index < -0.39 is 0 Å². The van der Waals surface area contributed by atoms with E-state index in [0.29, 0.717) is 28.8 Å². The Morgan fingerprint density at radius 2 is 2.04 bits per heavy atom. The maximum atomic E-state index is 10.2. The van der Waals surface area contributed by atoms with Crippen molar-refractivity contribution in [1.29, 1.82) is 0 Å². The van der Waals surface area contributed by atoms with E-state index in [4.69, 9.17) is 9.47 Å². The average Bonchev–Trinajstić information content (AvgIpc) is 2.61. The fraction of sp³-hybridized carbons (Fsp3) is 0.667. The minimum absolute atomic E-state index is 0.187. The van der Waals surface area contributed by atoms with Crippen molar-refractivity contribution < 1.29 is 14.6 Å². The van der Waals surface area contributed by atoms with E-state index in [-0.39, 0.29) is 5.75 Å². The van der Waals surface area contributed by atoms with Crippen LogP contribution in [-0.4, -0.2) is 56.0 Å². The van der Waals surface area contributed by atoms with Crippen LogP contribution in [0.25, 0.3) is 0 Å². The Morgan fingerprint density at radius 1 is 1.33 bits per heavy atom. The zero-order valence-corrected chi connectivity index (χ0v) is 15.8. The van der Waals surface area contributed by atoms with Crippen LogP contribution < -0.4 is 10.1 Å². The molecule has 134 valence electrons. The Labute approximate surface area is 152 Å². The van der Waals surface area contributed by atoms with Gasteiger partial charge in [0.25, 0.3) is 0 Å². The Balaban J connectivity index is 1.94. The molecule has 24 heavy (non-hydrogen) atoms. The van der Waals surface area contributed by atoms with Gasteiger partial charge in [0, 0.05) is 45.4 Å². The van der Waals surface area contributed by atoms with Crippen molar-refractivity contribution in [2.24, 2.45) is 5.92 Å². The monoisotopic (exact) mass is 398 g/mol. The molecule has 5 nitrogen and oxygen atoms in total. The van der Waals surface area contributed by atoms with Crippen LogP contribution in [0.4, 0.5) is 0 Å². The van der Waals surface area contributed by atoms with Gasteiger partial charge in [0.05, 0.1) is 11.1 Å². The largest absolute Gasteiger partial charge is 0.503 e. The Kier molecular flexibility index (Phi) is 6.38. The Bertz CT molecular complexity index is 525. The molecule has 0 amide bonds. The van der Waals surface area contributed by atoms with Crippen molar-refractivity contribution in [3.63, 3.8) is 0 Å². The van der Waals surface area contributed by atoms with Gasteiger partial charge in [0.15, 0.2) is 11.5 Å². The SMILES string of the molecule is CCOc1cc([C@H](C2CCOCC2)N2CCNCC2)cc(Br)c1O. The Hall–Kier alpha value is -0.820. The first-order valence-electron chi connectivity index (χ1n) is 8.88. The summed E-state index contributed by atoms with van der Waals surface area (Å²) in [5.41, 5.74) is 1.22. The third kappa shape index (κ3) is 4.04. The number of benzene rings is 1. The number of phenolic OH excluding ortho intramolecular Hbond substituents is 1. The number of hydrogen-bond acceptors (Lipinski definition) is 5. The van der Waals surface area contributed by atoms with E-state index in [1.165, 1.54) is 5.56 Å². The summed E-state index contributed by atoms with van der Waals surface area (Å²) in [4.78, 5) is 2.57. The maximum Gasteiger partial charge on any atom is 0.172 e. The zero-order chi connectivity index (χ0) is 16.9. The smallest absolute Gasteiger partial charge is 0.172 e. The highest BCUT2D eigenvalue weighted by Gasteiger charge is 2.32. The van der Waals surface area contributed by atoms with Crippen LogP contribution >= 0.6 is 15.9 Å². The average molecular weight is 399 g/mol. The predicted octanol–water partition coefficient (Wildman–Crippen LogP) is 2.93. The van der Waals surface area contributed by atoms with E-state index in [0.717, 1.165) is 52.2 Å². The van der Waals surface area contributed by atoms with Gasteiger partial charge in [-0.05, 0) is 59.3 Å². The first-order valence-corrected chi connectivity index (χ1v) is 9.67. The third-order valence-corrected chi connectivity index (χ3v) is 5.55. The molecule has 2 heterocycles. The molecule has 1 aromatic rings. The number of nitrogens with zero attached hydrogens (tertiary/aromatic N) is 1. The summed E-state index contributed by atoms with van der Waals surface area (Å²) in [6.07, 6.45) is 2.16. The van der Waals surface area contributed by atoms with Crippen LogP contribution in [0, 0.1) is 5.92 Å². The summed E-state index contributed by atoms with van der Waals surface area (Å²) < 4.78 is 11.9. The lowest BCUT2D eigenvalue weighted by Crippen LogP contribution is -2.47. The highest BCUT2D eigenvalue weighted by atomic mass is 79.9. The number of piperazine rings is 1. The number of rotatable bonds is 5. The fourth-order valence-corrected chi connectivity index (χ4v) is 4.26. The molecule has 3 rings (SSSR count). The third-order valence-electron chi connectivity index (χ3n) is 4.95. The summed E-state index contributed by atoms with van der Waals surface area (Å²) in [5, 5.41) is 13.7. The minimum atomic E-state index is 0.187. The van der Waals surface area contributed by atoms with Crippen molar-refractivity contribution in [1.82, 2.24) is 10.2 Å². The molecular formula is C18H27BrN2O3. The number of ether oxygens (including phenoxy) is 2. The van der Waals surface area contributed by atoms with Crippen LogP contribution in [0.5, 0.6) is 11.5 Å². The molecule has 0 spiro atoms. The molecule has 0 aliphatic carbocycles. The second kappa shape index (κ2) is 8.52. The molecule has 2 aliphatic rings. The molecule has 2 saturated heterocycles. The number of hydrogen-bond donors (Lipinski definition) is 2. The van der Waals surface area contributed by atoms with Gasteiger partial charge >= 0.3 is 0 Å². The van der Waals surface area contributed by atoms with Crippen molar-refractivity contribution in [2.75, 3.05) is 46.0 Å². The van der Waals surface area contributed by atoms with Gasteiger partial charge in [-0.2, -0.15) is 0 Å². The van der Waals surface area contributed by atoms with Gasteiger partial charge < -0.3 is 19.9 Å². The van der Waals surface area contributed by atoms with Crippen LogP contribution in [-0.2, 0) is 4.74 Å². The van der Waals surface area contributed by atoms with Crippen LogP contribution in [0.1, 0.15) is 31.4 Å². The molecule has 0 unspecified atom stereocenters. The summed E-state index contributed by atoms with van der Waals surface area (Å²) in [7, 11) is 0. The van der Waals surface area contributed by atoms with Gasteiger partial charge in [0.1, 0.15) is 0 Å². The summed E-state index contributed by atoms with van der Waals surface area (Å²) in [5.74, 6) is 1.32. The normalized spacial score (nSPS) is 21.6. The van der Waals surface area contributed by atoms with Crippen molar-refractivity contribution in [2.45, 2.75) is 25.8 Å². The van der Waals surface area contributed by atoms with Crippen molar-refractivity contribution >= 4 is 15.9 Å². The van der Waals surface area contributed by atoms with Crippen molar-refractivity contribution in [3.05, 3.63) is 22.2 Å². The summed E-state index contributed by atoms with van der Waals surface area (Å²) >= 11 is 3.50. The van der Waals surface area contributed by atoms with Crippen LogP contribution in [0.3, 0.4) is 0 Å². The molecule has 2 aliphatic heterocycles. The maximum absolute atomic E-state index is 10.2. The highest BCUT2D eigenvalue weighted by Crippen LogP contribution is 2.42. The molecule has 2 N–H and O–H groups in total. The molecule has 0 aromatic heterocycles. The molecule has 0 bridgehead atoms. The van der Waals surface area contributed by atoms with Crippen molar-refractivity contribution in [3.8, 4) is 11.5 Å². The minimum Gasteiger partial charge on any atom is -0.503 e. The van der Waals surface area contributed by atoms with E-state index in [1.54, 1.807) is 0 Å². The van der Waals surface area contributed by atoms with E-state index in [1.807, 2.05) is 13.0 Å². The molecule has 1 atom stereocenters. The first kappa shape index (κ1) is 18.0. The van der Waals surface area contributed by atoms with Gasteiger partial charge in [-0.15, -0.1) is 0 Å². The molecule has 6 heteroatoms. The quantitative estimate of drug-likeness (QED) is 0.798. The molecule has 0 saturated carbocycles. The van der Waals surface area contributed by atoms with Crippen LogP contribution in [0.2, 0.25) is 0 Å². The number of nitrogens with one attached hydrogen (secondary N) is 1. The van der Waals surface area contributed by atoms with E-state index in [2.05, 4.69) is 32.2 Å².